The smallest absolute Gasteiger partial charge is 0.261 e. The van der Waals surface area contributed by atoms with Crippen LogP contribution in [0.1, 0.15) is 13.3 Å². The van der Waals surface area contributed by atoms with Crippen LogP contribution < -0.4 is 15.9 Å². The second-order valence-corrected chi connectivity index (χ2v) is 9.74. The minimum absolute atomic E-state index is 0.143. The second-order valence-electron chi connectivity index (χ2n) is 7.93. The van der Waals surface area contributed by atoms with Gasteiger partial charge in [0.05, 0.1) is 0 Å². The van der Waals surface area contributed by atoms with E-state index in [1.54, 1.807) is 17.7 Å². The highest BCUT2D eigenvalue weighted by Crippen LogP contribution is 2.25. The van der Waals surface area contributed by atoms with E-state index in [1.807, 2.05) is 37.2 Å². The number of amides is 1. The van der Waals surface area contributed by atoms with Gasteiger partial charge in [-0.15, -0.1) is 0 Å². The van der Waals surface area contributed by atoms with Crippen molar-refractivity contribution < 1.29 is 14.2 Å². The Kier molecular flexibility index (Phi) is 6.62. The third-order valence-electron chi connectivity index (χ3n) is 5.74. The topological polar surface area (TPSA) is 91.6 Å². The van der Waals surface area contributed by atoms with E-state index in [0.717, 1.165) is 22.2 Å². The zero-order valence-electron chi connectivity index (χ0n) is 18.1. The number of hydroxylamine groups is 1. The molecule has 0 fully saturated rings. The molecule has 1 amide bonds. The molecule has 2 atom stereocenters. The fraction of sp³-hybridized carbons (Fsp3) is 0.304. The summed E-state index contributed by atoms with van der Waals surface area (Å²) in [4.78, 5) is 27.0. The van der Waals surface area contributed by atoms with Crippen molar-refractivity contribution in [1.29, 1.82) is 0 Å². The molecule has 1 heterocycles. The SMILES string of the molecule is CN(C)c1ccc(-c2ccc3c(=O)n(CC[C@](C)(C(=O)NO)S(C)=O)ccc3c2)cc1. The van der Waals surface area contributed by atoms with Gasteiger partial charge in [0.2, 0.25) is 0 Å². The van der Waals surface area contributed by atoms with Crippen molar-refractivity contribution >= 4 is 33.2 Å². The van der Waals surface area contributed by atoms with Crippen LogP contribution in [0.5, 0.6) is 0 Å². The Hall–Kier alpha value is -2.97. The zero-order valence-corrected chi connectivity index (χ0v) is 18.9. The predicted octanol–water partition coefficient (Wildman–Crippen LogP) is 2.77. The van der Waals surface area contributed by atoms with E-state index in [1.165, 1.54) is 17.7 Å². The summed E-state index contributed by atoms with van der Waals surface area (Å²) in [6.07, 6.45) is 3.23. The Balaban J connectivity index is 1.89. The Labute approximate surface area is 183 Å². The third kappa shape index (κ3) is 4.55. The van der Waals surface area contributed by atoms with Crippen molar-refractivity contribution in [3.8, 4) is 11.1 Å². The monoisotopic (exact) mass is 441 g/mol. The van der Waals surface area contributed by atoms with Crippen molar-refractivity contribution in [2.24, 2.45) is 0 Å². The number of nitrogens with zero attached hydrogens (tertiary/aromatic N) is 2. The van der Waals surface area contributed by atoms with E-state index in [0.29, 0.717) is 5.39 Å². The second kappa shape index (κ2) is 9.03. The molecule has 0 spiro atoms. The van der Waals surface area contributed by atoms with E-state index >= 15 is 0 Å². The van der Waals surface area contributed by atoms with E-state index in [-0.39, 0.29) is 18.5 Å². The number of fused-ring (bicyclic) bond motifs is 1. The number of nitrogens with one attached hydrogen (secondary N) is 1. The van der Waals surface area contributed by atoms with Crippen molar-refractivity contribution in [2.75, 3.05) is 25.3 Å². The highest BCUT2D eigenvalue weighted by molar-refractivity contribution is 7.86. The lowest BCUT2D eigenvalue weighted by molar-refractivity contribution is -0.131. The number of aryl methyl sites for hydroxylation is 1. The Bertz CT molecular complexity index is 1190. The maximum atomic E-state index is 13.0. The molecule has 1 unspecified atom stereocenters. The first-order chi connectivity index (χ1) is 14.7. The lowest BCUT2D eigenvalue weighted by atomic mass is 10.0. The molecule has 0 saturated heterocycles. The number of aromatic nitrogens is 1. The largest absolute Gasteiger partial charge is 0.378 e. The number of pyridine rings is 1. The van der Waals surface area contributed by atoms with Gasteiger partial charge in [-0.3, -0.25) is 19.0 Å². The summed E-state index contributed by atoms with van der Waals surface area (Å²) in [6.45, 7) is 1.71. The van der Waals surface area contributed by atoms with Crippen molar-refractivity contribution in [3.63, 3.8) is 0 Å². The summed E-state index contributed by atoms with van der Waals surface area (Å²) in [6, 6.07) is 15.8. The van der Waals surface area contributed by atoms with Gasteiger partial charge in [0, 0.05) is 55.0 Å². The van der Waals surface area contributed by atoms with Crippen LogP contribution in [0.3, 0.4) is 0 Å². The van der Waals surface area contributed by atoms with Crippen molar-refractivity contribution in [3.05, 3.63) is 65.1 Å². The fourth-order valence-corrected chi connectivity index (χ4v) is 4.12. The Morgan fingerprint density at radius 1 is 1.13 bits per heavy atom. The van der Waals surface area contributed by atoms with Gasteiger partial charge >= 0.3 is 0 Å². The molecule has 0 aliphatic carbocycles. The van der Waals surface area contributed by atoms with Gasteiger partial charge in [-0.05, 0) is 60.2 Å². The molecule has 0 bridgehead atoms. The van der Waals surface area contributed by atoms with Crippen LogP contribution in [-0.2, 0) is 22.1 Å². The van der Waals surface area contributed by atoms with Crippen molar-refractivity contribution in [2.45, 2.75) is 24.6 Å². The van der Waals surface area contributed by atoms with Crippen LogP contribution >= 0.6 is 0 Å². The molecule has 7 nitrogen and oxygen atoms in total. The zero-order chi connectivity index (χ0) is 22.8. The number of benzene rings is 2. The molecule has 164 valence electrons. The van der Waals surface area contributed by atoms with Gasteiger partial charge in [-0.25, -0.2) is 5.48 Å². The van der Waals surface area contributed by atoms with Crippen LogP contribution in [0.15, 0.2) is 59.5 Å². The minimum atomic E-state index is -1.53. The van der Waals surface area contributed by atoms with Gasteiger partial charge in [0.1, 0.15) is 4.75 Å². The summed E-state index contributed by atoms with van der Waals surface area (Å²) in [5, 5.41) is 10.4. The number of anilines is 1. The van der Waals surface area contributed by atoms with Gasteiger partial charge < -0.3 is 9.47 Å². The van der Waals surface area contributed by atoms with E-state index in [9.17, 15) is 13.8 Å². The lowest BCUT2D eigenvalue weighted by Crippen LogP contribution is -2.47. The van der Waals surface area contributed by atoms with Crippen LogP contribution in [0.25, 0.3) is 21.9 Å². The molecule has 3 aromatic rings. The standard InChI is InChI=1S/C23H27N3O4S/c1-23(31(4)30,22(28)24-29)12-14-26-13-11-18-15-17(7-10-20(18)21(26)27)16-5-8-19(9-6-16)25(2)3/h5-11,13,15,29H,12,14H2,1-4H3,(H,24,28)/t23-,31?/m1/s1. The Morgan fingerprint density at radius 2 is 1.77 bits per heavy atom. The van der Waals surface area contributed by atoms with Gasteiger partial charge in [0.25, 0.3) is 11.5 Å². The minimum Gasteiger partial charge on any atom is -0.378 e. The molecule has 0 aliphatic heterocycles. The molecule has 2 aromatic carbocycles. The average molecular weight is 442 g/mol. The molecule has 8 heteroatoms. The highest BCUT2D eigenvalue weighted by atomic mass is 32.2. The fourth-order valence-electron chi connectivity index (χ4n) is 3.44. The molecule has 1 aromatic heterocycles. The predicted molar refractivity (Wildman–Crippen MR) is 125 cm³/mol. The summed E-state index contributed by atoms with van der Waals surface area (Å²) in [5.41, 5.74) is 4.59. The summed E-state index contributed by atoms with van der Waals surface area (Å²) >= 11 is 0. The number of hydrogen-bond donors (Lipinski definition) is 2. The van der Waals surface area contributed by atoms with Crippen molar-refractivity contribution in [1.82, 2.24) is 10.0 Å². The highest BCUT2D eigenvalue weighted by Gasteiger charge is 2.37. The number of rotatable bonds is 7. The third-order valence-corrected chi connectivity index (χ3v) is 7.40. The van der Waals surface area contributed by atoms with E-state index in [2.05, 4.69) is 24.3 Å². The molecule has 31 heavy (non-hydrogen) atoms. The quantitative estimate of drug-likeness (QED) is 0.435. The first kappa shape index (κ1) is 22.7. The maximum absolute atomic E-state index is 13.0. The molecule has 3 rings (SSSR count). The van der Waals surface area contributed by atoms with Crippen LogP contribution in [0, 0.1) is 0 Å². The summed E-state index contributed by atoms with van der Waals surface area (Å²) in [7, 11) is 2.46. The van der Waals surface area contributed by atoms with E-state index < -0.39 is 21.5 Å². The number of hydrogen-bond acceptors (Lipinski definition) is 5. The Morgan fingerprint density at radius 3 is 2.35 bits per heavy atom. The number of carbonyl (C=O) groups excluding carboxylic acids is 1. The first-order valence-corrected chi connectivity index (χ1v) is 11.4. The molecular formula is C23H27N3O4S. The first-order valence-electron chi connectivity index (χ1n) is 9.86. The van der Waals surface area contributed by atoms with Gasteiger partial charge in [-0.2, -0.15) is 0 Å². The summed E-state index contributed by atoms with van der Waals surface area (Å²) in [5.74, 6) is -0.730. The normalized spacial score (nSPS) is 14.1. The average Bonchev–Trinajstić information content (AvgIpc) is 2.77. The molecule has 0 radical (unpaired) electrons. The van der Waals surface area contributed by atoms with Gasteiger partial charge in [0.15, 0.2) is 0 Å². The maximum Gasteiger partial charge on any atom is 0.261 e. The van der Waals surface area contributed by atoms with E-state index in [4.69, 9.17) is 5.21 Å². The summed E-state index contributed by atoms with van der Waals surface area (Å²) < 4.78 is 12.3. The van der Waals surface area contributed by atoms with Gasteiger partial charge in [-0.1, -0.05) is 18.2 Å². The molecule has 0 aliphatic rings. The molecular weight excluding hydrogens is 414 g/mol. The van der Waals surface area contributed by atoms with Crippen LogP contribution in [0.2, 0.25) is 0 Å². The molecule has 0 saturated carbocycles. The lowest BCUT2D eigenvalue weighted by Gasteiger charge is -2.24. The van der Waals surface area contributed by atoms with Crippen LogP contribution in [0.4, 0.5) is 5.69 Å². The van der Waals surface area contributed by atoms with Crippen LogP contribution in [-0.4, -0.2) is 45.0 Å². The molecule has 2 N–H and O–H groups in total. The number of carbonyl (C=O) groups is 1.